The first-order valence-electron chi connectivity index (χ1n) is 9.14. The molecule has 1 aromatic carbocycles. The third-order valence-corrected chi connectivity index (χ3v) is 4.98. The van der Waals surface area contributed by atoms with Crippen LogP contribution in [0.3, 0.4) is 0 Å². The molecule has 0 spiro atoms. The summed E-state index contributed by atoms with van der Waals surface area (Å²) in [6.45, 7) is 10.8. The van der Waals surface area contributed by atoms with Crippen LogP contribution in [0.5, 0.6) is 0 Å². The van der Waals surface area contributed by atoms with Crippen LogP contribution in [0.2, 0.25) is 0 Å². The van der Waals surface area contributed by atoms with Gasteiger partial charge in [0.25, 0.3) is 0 Å². The van der Waals surface area contributed by atoms with Crippen LogP contribution in [0.25, 0.3) is 10.1 Å². The van der Waals surface area contributed by atoms with Gasteiger partial charge in [-0.15, -0.1) is 11.3 Å². The SMILES string of the molecule is CC.Cc1cc2cc(CCCCCCCC(C)C)ccc2s1. The van der Waals surface area contributed by atoms with Crippen molar-refractivity contribution in [3.8, 4) is 0 Å². The molecule has 1 heterocycles. The zero-order valence-electron chi connectivity index (χ0n) is 15.2. The Morgan fingerprint density at radius 3 is 2.32 bits per heavy atom. The molecule has 0 aliphatic rings. The van der Waals surface area contributed by atoms with Gasteiger partial charge < -0.3 is 0 Å². The normalized spacial score (nSPS) is 10.8. The van der Waals surface area contributed by atoms with E-state index in [9.17, 15) is 0 Å². The molecule has 0 nitrogen and oxygen atoms in total. The number of thiophene rings is 1. The minimum absolute atomic E-state index is 0.871. The maximum atomic E-state index is 2.39. The lowest BCUT2D eigenvalue weighted by atomic mass is 10.0. The molecule has 0 saturated heterocycles. The molecular weight excluding hydrogens is 284 g/mol. The summed E-state index contributed by atoms with van der Waals surface area (Å²) in [7, 11) is 0. The molecule has 1 heteroatoms. The number of rotatable bonds is 8. The summed E-state index contributed by atoms with van der Waals surface area (Å²) in [5, 5.41) is 1.43. The predicted molar refractivity (Wildman–Crippen MR) is 104 cm³/mol. The summed E-state index contributed by atoms with van der Waals surface area (Å²) in [6.07, 6.45) is 9.61. The Kier molecular flexibility index (Phi) is 9.47. The van der Waals surface area contributed by atoms with E-state index in [1.165, 1.54) is 65.5 Å². The topological polar surface area (TPSA) is 0 Å². The molecule has 0 N–H and O–H groups in total. The van der Waals surface area contributed by atoms with Crippen molar-refractivity contribution in [2.24, 2.45) is 5.92 Å². The van der Waals surface area contributed by atoms with E-state index < -0.39 is 0 Å². The number of aryl methyl sites for hydroxylation is 2. The smallest absolute Gasteiger partial charge is 0.0345 e. The first kappa shape index (κ1) is 19.2. The van der Waals surface area contributed by atoms with Gasteiger partial charge >= 0.3 is 0 Å². The van der Waals surface area contributed by atoms with Crippen LogP contribution in [0.15, 0.2) is 24.3 Å². The van der Waals surface area contributed by atoms with Crippen LogP contribution in [-0.2, 0) is 6.42 Å². The molecule has 0 aliphatic heterocycles. The second kappa shape index (κ2) is 10.8. The van der Waals surface area contributed by atoms with E-state index in [0.717, 1.165) is 5.92 Å². The van der Waals surface area contributed by atoms with Gasteiger partial charge in [0.05, 0.1) is 0 Å². The standard InChI is InChI=1S/C19H28S.C2H6/c1-15(2)9-7-5-4-6-8-10-17-11-12-19-18(14-17)13-16(3)20-19;1-2/h11-15H,4-10H2,1-3H3;1-2H3. The lowest BCUT2D eigenvalue weighted by Gasteiger charge is -2.05. The fourth-order valence-electron chi connectivity index (χ4n) is 2.79. The number of fused-ring (bicyclic) bond motifs is 1. The van der Waals surface area contributed by atoms with Crippen molar-refractivity contribution in [3.63, 3.8) is 0 Å². The van der Waals surface area contributed by atoms with Crippen LogP contribution in [0, 0.1) is 12.8 Å². The largest absolute Gasteiger partial charge is 0.141 e. The Hall–Kier alpha value is -0.820. The minimum Gasteiger partial charge on any atom is -0.141 e. The van der Waals surface area contributed by atoms with E-state index in [4.69, 9.17) is 0 Å². The highest BCUT2D eigenvalue weighted by atomic mass is 32.1. The Morgan fingerprint density at radius 1 is 0.909 bits per heavy atom. The molecular formula is C21H34S. The molecule has 2 aromatic rings. The van der Waals surface area contributed by atoms with E-state index >= 15 is 0 Å². The third-order valence-electron chi connectivity index (χ3n) is 3.95. The van der Waals surface area contributed by atoms with Gasteiger partial charge in [-0.25, -0.2) is 0 Å². The summed E-state index contributed by atoms with van der Waals surface area (Å²) < 4.78 is 1.43. The number of hydrogen-bond donors (Lipinski definition) is 0. The highest BCUT2D eigenvalue weighted by Crippen LogP contribution is 2.26. The number of unbranched alkanes of at least 4 members (excludes halogenated alkanes) is 4. The summed E-state index contributed by atoms with van der Waals surface area (Å²) >= 11 is 1.90. The number of hydrogen-bond acceptors (Lipinski definition) is 1. The van der Waals surface area contributed by atoms with Crippen molar-refractivity contribution in [1.29, 1.82) is 0 Å². The lowest BCUT2D eigenvalue weighted by Crippen LogP contribution is -1.88. The van der Waals surface area contributed by atoms with Crippen LogP contribution in [0.1, 0.15) is 76.7 Å². The van der Waals surface area contributed by atoms with Crippen molar-refractivity contribution in [2.75, 3.05) is 0 Å². The summed E-state index contributed by atoms with van der Waals surface area (Å²) in [4.78, 5) is 1.42. The molecule has 0 bridgehead atoms. The Labute approximate surface area is 142 Å². The monoisotopic (exact) mass is 318 g/mol. The Balaban J connectivity index is 0.00000116. The maximum Gasteiger partial charge on any atom is 0.0345 e. The molecule has 1 aromatic heterocycles. The maximum absolute atomic E-state index is 2.39. The summed E-state index contributed by atoms with van der Waals surface area (Å²) in [5.74, 6) is 0.871. The van der Waals surface area contributed by atoms with Crippen molar-refractivity contribution in [3.05, 3.63) is 34.7 Å². The first-order chi connectivity index (χ1) is 10.6. The number of benzene rings is 1. The van der Waals surface area contributed by atoms with E-state index in [1.54, 1.807) is 0 Å². The van der Waals surface area contributed by atoms with Gasteiger partial charge in [-0.3, -0.25) is 0 Å². The van der Waals surface area contributed by atoms with E-state index in [2.05, 4.69) is 45.0 Å². The van der Waals surface area contributed by atoms with Gasteiger partial charge in [-0.1, -0.05) is 71.9 Å². The molecule has 0 fully saturated rings. The molecule has 0 amide bonds. The molecule has 0 atom stereocenters. The quantitative estimate of drug-likeness (QED) is 0.436. The third kappa shape index (κ3) is 6.96. The summed E-state index contributed by atoms with van der Waals surface area (Å²) in [5.41, 5.74) is 1.51. The van der Waals surface area contributed by atoms with Gasteiger partial charge in [0, 0.05) is 9.58 Å². The predicted octanol–water partition coefficient (Wildman–Crippen LogP) is 7.78. The van der Waals surface area contributed by atoms with Crippen LogP contribution >= 0.6 is 11.3 Å². The van der Waals surface area contributed by atoms with Crippen LogP contribution in [-0.4, -0.2) is 0 Å². The minimum atomic E-state index is 0.871. The van der Waals surface area contributed by atoms with E-state index in [1.807, 2.05) is 25.2 Å². The molecule has 124 valence electrons. The highest BCUT2D eigenvalue weighted by molar-refractivity contribution is 7.19. The van der Waals surface area contributed by atoms with Crippen molar-refractivity contribution in [2.45, 2.75) is 79.6 Å². The molecule has 0 unspecified atom stereocenters. The van der Waals surface area contributed by atoms with Crippen molar-refractivity contribution >= 4 is 21.4 Å². The average molecular weight is 319 g/mol. The fourth-order valence-corrected chi connectivity index (χ4v) is 3.70. The van der Waals surface area contributed by atoms with E-state index in [0.29, 0.717) is 0 Å². The van der Waals surface area contributed by atoms with Gasteiger partial charge in [-0.05, 0) is 48.8 Å². The van der Waals surface area contributed by atoms with E-state index in [-0.39, 0.29) is 0 Å². The van der Waals surface area contributed by atoms with Gasteiger partial charge in [-0.2, -0.15) is 0 Å². The van der Waals surface area contributed by atoms with Crippen molar-refractivity contribution < 1.29 is 0 Å². The Morgan fingerprint density at radius 2 is 1.59 bits per heavy atom. The second-order valence-corrected chi connectivity index (χ2v) is 7.72. The lowest BCUT2D eigenvalue weighted by molar-refractivity contribution is 0.515. The van der Waals surface area contributed by atoms with Crippen LogP contribution in [0.4, 0.5) is 0 Å². The second-order valence-electron chi connectivity index (χ2n) is 6.43. The molecule has 0 saturated carbocycles. The molecule has 0 aliphatic carbocycles. The average Bonchev–Trinajstić information content (AvgIpc) is 2.87. The Bertz CT molecular complexity index is 522. The van der Waals surface area contributed by atoms with Crippen molar-refractivity contribution in [1.82, 2.24) is 0 Å². The molecule has 2 rings (SSSR count). The van der Waals surface area contributed by atoms with Crippen LogP contribution < -0.4 is 0 Å². The molecule has 0 radical (unpaired) electrons. The van der Waals surface area contributed by atoms with Gasteiger partial charge in [0.15, 0.2) is 0 Å². The van der Waals surface area contributed by atoms with Gasteiger partial charge in [0.2, 0.25) is 0 Å². The summed E-state index contributed by atoms with van der Waals surface area (Å²) in [6, 6.07) is 9.31. The fraction of sp³-hybridized carbons (Fsp3) is 0.619. The molecule has 22 heavy (non-hydrogen) atoms. The first-order valence-corrected chi connectivity index (χ1v) is 9.96. The van der Waals surface area contributed by atoms with Gasteiger partial charge in [0.1, 0.15) is 0 Å². The zero-order valence-corrected chi connectivity index (χ0v) is 16.1. The zero-order chi connectivity index (χ0) is 16.4. The highest BCUT2D eigenvalue weighted by Gasteiger charge is 2.00.